The Hall–Kier alpha value is -2.37. The Morgan fingerprint density at radius 1 is 1.29 bits per heavy atom. The Kier molecular flexibility index (Phi) is 5.90. The van der Waals surface area contributed by atoms with Crippen LogP contribution in [0.15, 0.2) is 24.3 Å². The molecule has 1 rings (SSSR count). The second kappa shape index (κ2) is 7.42. The number of carbonyl (C=O) groups is 3. The lowest BCUT2D eigenvalue weighted by molar-refractivity contribution is -0.137. The molecule has 2 amide bonds. The van der Waals surface area contributed by atoms with Gasteiger partial charge in [0.2, 0.25) is 5.91 Å². The standard InChI is InChI=1S/C15H20N2O4/c1-10(8-14(19)20)9-16-15(21)12-6-4-5-7-13(12)17(3)11(2)18/h4-7,10H,8-9H2,1-3H3,(H,16,21)(H,19,20). The van der Waals surface area contributed by atoms with Gasteiger partial charge < -0.3 is 15.3 Å². The van der Waals surface area contributed by atoms with Crippen molar-refractivity contribution in [3.63, 3.8) is 0 Å². The Morgan fingerprint density at radius 2 is 1.90 bits per heavy atom. The van der Waals surface area contributed by atoms with Crippen LogP contribution in [0, 0.1) is 5.92 Å². The van der Waals surface area contributed by atoms with Crippen LogP contribution in [0.3, 0.4) is 0 Å². The minimum absolute atomic E-state index is 0.00469. The van der Waals surface area contributed by atoms with Gasteiger partial charge >= 0.3 is 5.97 Å². The largest absolute Gasteiger partial charge is 0.481 e. The maximum Gasteiger partial charge on any atom is 0.303 e. The van der Waals surface area contributed by atoms with Crippen LogP contribution in [-0.2, 0) is 9.59 Å². The van der Waals surface area contributed by atoms with E-state index in [9.17, 15) is 14.4 Å². The summed E-state index contributed by atoms with van der Waals surface area (Å²) in [5, 5.41) is 11.4. The third-order valence-electron chi connectivity index (χ3n) is 3.12. The van der Waals surface area contributed by atoms with Gasteiger partial charge in [0.05, 0.1) is 11.3 Å². The van der Waals surface area contributed by atoms with Gasteiger partial charge in [0.1, 0.15) is 0 Å². The fraction of sp³-hybridized carbons (Fsp3) is 0.400. The summed E-state index contributed by atoms with van der Waals surface area (Å²) in [6.45, 7) is 3.44. The van der Waals surface area contributed by atoms with Crippen molar-refractivity contribution in [1.82, 2.24) is 5.32 Å². The van der Waals surface area contributed by atoms with E-state index in [1.165, 1.54) is 11.8 Å². The van der Waals surface area contributed by atoms with Crippen molar-refractivity contribution in [3.8, 4) is 0 Å². The molecule has 114 valence electrons. The number of aliphatic carboxylic acids is 1. The molecule has 2 N–H and O–H groups in total. The van der Waals surface area contributed by atoms with Gasteiger partial charge in [-0.15, -0.1) is 0 Å². The van der Waals surface area contributed by atoms with Crippen molar-refractivity contribution in [2.75, 3.05) is 18.5 Å². The molecule has 0 aliphatic heterocycles. The summed E-state index contributed by atoms with van der Waals surface area (Å²) in [7, 11) is 1.60. The molecule has 0 saturated heterocycles. The van der Waals surface area contributed by atoms with Gasteiger partial charge in [0.15, 0.2) is 0 Å². The molecule has 0 spiro atoms. The van der Waals surface area contributed by atoms with E-state index in [1.807, 2.05) is 0 Å². The van der Waals surface area contributed by atoms with Gasteiger partial charge in [-0.25, -0.2) is 0 Å². The zero-order valence-corrected chi connectivity index (χ0v) is 12.4. The number of carboxylic acid groups (broad SMARTS) is 1. The highest BCUT2D eigenvalue weighted by molar-refractivity contribution is 6.04. The van der Waals surface area contributed by atoms with Crippen molar-refractivity contribution in [1.29, 1.82) is 0 Å². The van der Waals surface area contributed by atoms with Crippen molar-refractivity contribution >= 4 is 23.5 Å². The average molecular weight is 292 g/mol. The summed E-state index contributed by atoms with van der Waals surface area (Å²) >= 11 is 0. The maximum absolute atomic E-state index is 12.2. The summed E-state index contributed by atoms with van der Waals surface area (Å²) in [5.41, 5.74) is 0.908. The number of rotatable bonds is 6. The van der Waals surface area contributed by atoms with E-state index < -0.39 is 5.97 Å². The maximum atomic E-state index is 12.2. The molecule has 0 aromatic heterocycles. The van der Waals surface area contributed by atoms with Crippen LogP contribution in [0.5, 0.6) is 0 Å². The molecule has 0 radical (unpaired) electrons. The number of carboxylic acids is 1. The number of hydrogen-bond acceptors (Lipinski definition) is 3. The highest BCUT2D eigenvalue weighted by atomic mass is 16.4. The van der Waals surface area contributed by atoms with Crippen LogP contribution < -0.4 is 10.2 Å². The van der Waals surface area contributed by atoms with Crippen LogP contribution in [0.2, 0.25) is 0 Å². The molecule has 0 heterocycles. The average Bonchev–Trinajstić information content (AvgIpc) is 2.43. The molecule has 1 atom stereocenters. The third kappa shape index (κ3) is 4.91. The quantitative estimate of drug-likeness (QED) is 0.832. The Morgan fingerprint density at radius 3 is 2.48 bits per heavy atom. The molecule has 1 aromatic carbocycles. The number of hydrogen-bond donors (Lipinski definition) is 2. The van der Waals surface area contributed by atoms with Crippen molar-refractivity contribution < 1.29 is 19.5 Å². The first kappa shape index (κ1) is 16.7. The van der Waals surface area contributed by atoms with Crippen LogP contribution >= 0.6 is 0 Å². The Balaban J connectivity index is 2.79. The van der Waals surface area contributed by atoms with Crippen LogP contribution in [0.25, 0.3) is 0 Å². The summed E-state index contributed by atoms with van der Waals surface area (Å²) < 4.78 is 0. The molecule has 0 aliphatic carbocycles. The minimum Gasteiger partial charge on any atom is -0.481 e. The lowest BCUT2D eigenvalue weighted by Gasteiger charge is -2.19. The van der Waals surface area contributed by atoms with Gasteiger partial charge in [-0.05, 0) is 18.1 Å². The fourth-order valence-corrected chi connectivity index (χ4v) is 1.86. The zero-order chi connectivity index (χ0) is 16.0. The second-order valence-electron chi connectivity index (χ2n) is 5.01. The number of nitrogens with one attached hydrogen (secondary N) is 1. The lowest BCUT2D eigenvalue weighted by atomic mass is 10.1. The molecule has 6 nitrogen and oxygen atoms in total. The zero-order valence-electron chi connectivity index (χ0n) is 12.4. The molecule has 0 fully saturated rings. The predicted molar refractivity (Wildman–Crippen MR) is 79.3 cm³/mol. The van der Waals surface area contributed by atoms with E-state index in [4.69, 9.17) is 5.11 Å². The van der Waals surface area contributed by atoms with E-state index in [-0.39, 0.29) is 30.7 Å². The molecule has 6 heteroatoms. The van der Waals surface area contributed by atoms with Crippen LogP contribution in [0.4, 0.5) is 5.69 Å². The molecule has 0 bridgehead atoms. The number of para-hydroxylation sites is 1. The molecule has 0 saturated carbocycles. The monoisotopic (exact) mass is 292 g/mol. The molecule has 0 aliphatic rings. The van der Waals surface area contributed by atoms with Gasteiger partial charge in [-0.1, -0.05) is 19.1 Å². The molecular formula is C15H20N2O4. The minimum atomic E-state index is -0.895. The number of benzene rings is 1. The van der Waals surface area contributed by atoms with E-state index >= 15 is 0 Å². The SMILES string of the molecule is CC(=O)N(C)c1ccccc1C(=O)NCC(C)CC(=O)O. The first-order valence-corrected chi connectivity index (χ1v) is 6.66. The normalized spacial score (nSPS) is 11.6. The van der Waals surface area contributed by atoms with Crippen LogP contribution in [0.1, 0.15) is 30.6 Å². The smallest absolute Gasteiger partial charge is 0.303 e. The first-order chi connectivity index (χ1) is 9.82. The molecule has 21 heavy (non-hydrogen) atoms. The van der Waals surface area contributed by atoms with Crippen molar-refractivity contribution in [2.24, 2.45) is 5.92 Å². The van der Waals surface area contributed by atoms with Gasteiger partial charge in [0.25, 0.3) is 5.91 Å². The lowest BCUT2D eigenvalue weighted by Crippen LogP contribution is -2.32. The summed E-state index contributed by atoms with van der Waals surface area (Å²) in [5.74, 6) is -1.55. The summed E-state index contributed by atoms with van der Waals surface area (Å²) in [6.07, 6.45) is -0.00469. The van der Waals surface area contributed by atoms with E-state index in [0.717, 1.165) is 0 Å². The fourth-order valence-electron chi connectivity index (χ4n) is 1.86. The summed E-state index contributed by atoms with van der Waals surface area (Å²) in [6, 6.07) is 6.79. The van der Waals surface area contributed by atoms with Crippen molar-refractivity contribution in [3.05, 3.63) is 29.8 Å². The van der Waals surface area contributed by atoms with Gasteiger partial charge in [0, 0.05) is 26.9 Å². The predicted octanol–water partition coefficient (Wildman–Crippen LogP) is 1.51. The van der Waals surface area contributed by atoms with E-state index in [1.54, 1.807) is 38.2 Å². The highest BCUT2D eigenvalue weighted by Crippen LogP contribution is 2.19. The van der Waals surface area contributed by atoms with Crippen LogP contribution in [-0.4, -0.2) is 36.5 Å². The Labute approximate surface area is 123 Å². The highest BCUT2D eigenvalue weighted by Gasteiger charge is 2.17. The topological polar surface area (TPSA) is 86.7 Å². The van der Waals surface area contributed by atoms with E-state index in [0.29, 0.717) is 11.3 Å². The number of carbonyl (C=O) groups excluding carboxylic acids is 2. The van der Waals surface area contributed by atoms with Crippen molar-refractivity contribution in [2.45, 2.75) is 20.3 Å². The number of anilines is 1. The molecule has 1 aromatic rings. The molecule has 1 unspecified atom stereocenters. The third-order valence-corrected chi connectivity index (χ3v) is 3.12. The second-order valence-corrected chi connectivity index (χ2v) is 5.01. The summed E-state index contributed by atoms with van der Waals surface area (Å²) in [4.78, 5) is 35.6. The first-order valence-electron chi connectivity index (χ1n) is 6.66. The number of nitrogens with zero attached hydrogens (tertiary/aromatic N) is 1. The molecular weight excluding hydrogens is 272 g/mol. The van der Waals surface area contributed by atoms with Gasteiger partial charge in [-0.3, -0.25) is 14.4 Å². The van der Waals surface area contributed by atoms with E-state index in [2.05, 4.69) is 5.32 Å². The Bertz CT molecular complexity index is 542. The van der Waals surface area contributed by atoms with Gasteiger partial charge in [-0.2, -0.15) is 0 Å². The number of amides is 2.